The number of nitrogens with one attached hydrogen (secondary N) is 1. The van der Waals surface area contributed by atoms with Crippen molar-refractivity contribution in [1.82, 2.24) is 15.2 Å². The monoisotopic (exact) mass is 275 g/mol. The Balaban J connectivity index is 2.19. The Morgan fingerprint density at radius 1 is 1.47 bits per heavy atom. The molecule has 1 rings (SSSR count). The van der Waals surface area contributed by atoms with Gasteiger partial charge in [-0.2, -0.15) is 13.2 Å². The summed E-state index contributed by atoms with van der Waals surface area (Å²) in [5, 5.41) is 2.63. The number of hydrogen-bond donors (Lipinski definition) is 1. The number of alkyl halides is 3. The lowest BCUT2D eigenvalue weighted by Crippen LogP contribution is -2.33. The highest BCUT2D eigenvalue weighted by molar-refractivity contribution is 5.93. The molecule has 4 nitrogen and oxygen atoms in total. The van der Waals surface area contributed by atoms with E-state index in [4.69, 9.17) is 0 Å². The van der Waals surface area contributed by atoms with Gasteiger partial charge in [0.05, 0.1) is 12.1 Å². The van der Waals surface area contributed by atoms with Gasteiger partial charge in [-0.05, 0) is 32.1 Å². The Kier molecular flexibility index (Phi) is 5.75. The Bertz CT molecular complexity index is 395. The average molecular weight is 275 g/mol. The van der Waals surface area contributed by atoms with Gasteiger partial charge in [-0.15, -0.1) is 0 Å². The van der Waals surface area contributed by atoms with Gasteiger partial charge in [0.15, 0.2) is 0 Å². The second kappa shape index (κ2) is 7.08. The van der Waals surface area contributed by atoms with Crippen LogP contribution in [0.3, 0.4) is 0 Å². The summed E-state index contributed by atoms with van der Waals surface area (Å²) in [4.78, 5) is 16.6. The van der Waals surface area contributed by atoms with E-state index in [-0.39, 0.29) is 12.5 Å². The van der Waals surface area contributed by atoms with Gasteiger partial charge in [-0.1, -0.05) is 0 Å². The predicted octanol–water partition coefficient (Wildman–Crippen LogP) is 1.70. The Morgan fingerprint density at radius 2 is 2.21 bits per heavy atom. The van der Waals surface area contributed by atoms with Crippen molar-refractivity contribution in [3.63, 3.8) is 0 Å². The lowest BCUT2D eigenvalue weighted by Gasteiger charge is -2.18. The summed E-state index contributed by atoms with van der Waals surface area (Å²) in [6.07, 6.45) is -0.736. The van der Waals surface area contributed by atoms with Gasteiger partial charge in [-0.25, -0.2) is 0 Å². The SMILES string of the molecule is CN(CCCNC(=O)c1cccnc1)CC(F)(F)F. The summed E-state index contributed by atoms with van der Waals surface area (Å²) in [6, 6.07) is 3.27. The third-order valence-corrected chi connectivity index (χ3v) is 2.38. The van der Waals surface area contributed by atoms with Gasteiger partial charge in [0.25, 0.3) is 5.91 Å². The number of halogens is 3. The van der Waals surface area contributed by atoms with Gasteiger partial charge < -0.3 is 5.32 Å². The standard InChI is InChI=1S/C12H16F3N3O/c1-18(9-12(13,14)15)7-3-6-17-11(19)10-4-2-5-16-8-10/h2,4-5,8H,3,6-7,9H2,1H3,(H,17,19). The van der Waals surface area contributed by atoms with Crippen molar-refractivity contribution in [2.45, 2.75) is 12.6 Å². The zero-order valence-electron chi connectivity index (χ0n) is 10.6. The molecule has 7 heteroatoms. The van der Waals surface area contributed by atoms with Gasteiger partial charge in [0, 0.05) is 18.9 Å². The van der Waals surface area contributed by atoms with E-state index in [0.29, 0.717) is 18.5 Å². The highest BCUT2D eigenvalue weighted by Crippen LogP contribution is 2.15. The number of amides is 1. The molecule has 0 saturated carbocycles. The second-order valence-electron chi connectivity index (χ2n) is 4.20. The zero-order valence-corrected chi connectivity index (χ0v) is 10.6. The molecule has 0 aliphatic rings. The van der Waals surface area contributed by atoms with Crippen LogP contribution in [0.2, 0.25) is 0 Å². The van der Waals surface area contributed by atoms with Crippen LogP contribution in [0.25, 0.3) is 0 Å². The maximum absolute atomic E-state index is 12.0. The summed E-state index contributed by atoms with van der Waals surface area (Å²) in [7, 11) is 1.40. The van der Waals surface area contributed by atoms with Crippen molar-refractivity contribution in [2.24, 2.45) is 0 Å². The van der Waals surface area contributed by atoms with Crippen molar-refractivity contribution in [3.05, 3.63) is 30.1 Å². The highest BCUT2D eigenvalue weighted by atomic mass is 19.4. The first kappa shape index (κ1) is 15.4. The molecule has 0 atom stereocenters. The van der Waals surface area contributed by atoms with E-state index in [1.807, 2.05) is 0 Å². The molecule has 0 fully saturated rings. The van der Waals surface area contributed by atoms with Crippen molar-refractivity contribution >= 4 is 5.91 Å². The topological polar surface area (TPSA) is 45.2 Å². The molecular formula is C12H16F3N3O. The van der Waals surface area contributed by atoms with Crippen LogP contribution in [-0.2, 0) is 0 Å². The maximum atomic E-state index is 12.0. The van der Waals surface area contributed by atoms with Crippen LogP contribution in [0.4, 0.5) is 13.2 Å². The summed E-state index contributed by atoms with van der Waals surface area (Å²) >= 11 is 0. The van der Waals surface area contributed by atoms with Gasteiger partial charge in [0.1, 0.15) is 0 Å². The molecule has 0 saturated heterocycles. The van der Waals surface area contributed by atoms with Crippen LogP contribution in [0.5, 0.6) is 0 Å². The predicted molar refractivity (Wildman–Crippen MR) is 64.7 cm³/mol. The van der Waals surface area contributed by atoms with E-state index in [9.17, 15) is 18.0 Å². The van der Waals surface area contributed by atoms with Gasteiger partial charge in [-0.3, -0.25) is 14.7 Å². The van der Waals surface area contributed by atoms with Crippen LogP contribution >= 0.6 is 0 Å². The van der Waals surface area contributed by atoms with E-state index >= 15 is 0 Å². The number of rotatable bonds is 6. The van der Waals surface area contributed by atoms with Crippen LogP contribution in [0.1, 0.15) is 16.8 Å². The second-order valence-corrected chi connectivity index (χ2v) is 4.20. The van der Waals surface area contributed by atoms with E-state index in [2.05, 4.69) is 10.3 Å². The molecular weight excluding hydrogens is 259 g/mol. The molecule has 1 amide bonds. The van der Waals surface area contributed by atoms with Crippen molar-refractivity contribution in [3.8, 4) is 0 Å². The number of aromatic nitrogens is 1. The molecule has 1 N–H and O–H groups in total. The number of hydrogen-bond acceptors (Lipinski definition) is 3. The zero-order chi connectivity index (χ0) is 14.3. The summed E-state index contributed by atoms with van der Waals surface area (Å²) < 4.78 is 36.1. The van der Waals surface area contributed by atoms with E-state index in [1.165, 1.54) is 18.1 Å². The number of nitrogens with zero attached hydrogens (tertiary/aromatic N) is 2. The number of carbonyl (C=O) groups excluding carboxylic acids is 1. The minimum absolute atomic E-state index is 0.271. The Morgan fingerprint density at radius 3 is 2.79 bits per heavy atom. The normalized spacial score (nSPS) is 11.6. The first-order chi connectivity index (χ1) is 8.88. The molecule has 0 radical (unpaired) electrons. The highest BCUT2D eigenvalue weighted by Gasteiger charge is 2.28. The molecule has 0 bridgehead atoms. The number of pyridine rings is 1. The first-order valence-electron chi connectivity index (χ1n) is 5.82. The fraction of sp³-hybridized carbons (Fsp3) is 0.500. The third-order valence-electron chi connectivity index (χ3n) is 2.38. The lowest BCUT2D eigenvalue weighted by molar-refractivity contribution is -0.143. The van der Waals surface area contributed by atoms with Crippen LogP contribution in [0.15, 0.2) is 24.5 Å². The quantitative estimate of drug-likeness (QED) is 0.804. The summed E-state index contributed by atoms with van der Waals surface area (Å²) in [5.74, 6) is -0.272. The Hall–Kier alpha value is -1.63. The summed E-state index contributed by atoms with van der Waals surface area (Å²) in [6.45, 7) is -0.341. The fourth-order valence-corrected chi connectivity index (χ4v) is 1.54. The minimum Gasteiger partial charge on any atom is -0.352 e. The Labute approximate surface area is 109 Å². The molecule has 1 heterocycles. The van der Waals surface area contributed by atoms with Crippen LogP contribution in [-0.4, -0.2) is 48.6 Å². The molecule has 0 aromatic carbocycles. The molecule has 0 unspecified atom stereocenters. The van der Waals surface area contributed by atoms with Crippen molar-refractivity contribution in [2.75, 3.05) is 26.7 Å². The maximum Gasteiger partial charge on any atom is 0.401 e. The molecule has 0 spiro atoms. The van der Waals surface area contributed by atoms with Crippen LogP contribution < -0.4 is 5.32 Å². The molecule has 1 aromatic rings. The van der Waals surface area contributed by atoms with E-state index in [1.54, 1.807) is 18.3 Å². The first-order valence-corrected chi connectivity index (χ1v) is 5.82. The lowest BCUT2D eigenvalue weighted by atomic mass is 10.2. The van der Waals surface area contributed by atoms with Gasteiger partial charge in [0.2, 0.25) is 0 Å². The van der Waals surface area contributed by atoms with E-state index in [0.717, 1.165) is 0 Å². The summed E-state index contributed by atoms with van der Waals surface area (Å²) in [5.41, 5.74) is 0.436. The average Bonchev–Trinajstić information content (AvgIpc) is 2.33. The molecule has 1 aromatic heterocycles. The van der Waals surface area contributed by atoms with Crippen LogP contribution in [0, 0.1) is 0 Å². The fourth-order valence-electron chi connectivity index (χ4n) is 1.54. The van der Waals surface area contributed by atoms with Gasteiger partial charge >= 0.3 is 6.18 Å². The van der Waals surface area contributed by atoms with Crippen molar-refractivity contribution in [1.29, 1.82) is 0 Å². The molecule has 0 aliphatic heterocycles. The smallest absolute Gasteiger partial charge is 0.352 e. The van der Waals surface area contributed by atoms with E-state index < -0.39 is 12.7 Å². The molecule has 106 valence electrons. The van der Waals surface area contributed by atoms with Crippen molar-refractivity contribution < 1.29 is 18.0 Å². The number of carbonyl (C=O) groups is 1. The molecule has 0 aliphatic carbocycles. The molecule has 19 heavy (non-hydrogen) atoms. The largest absolute Gasteiger partial charge is 0.401 e. The third kappa shape index (κ3) is 6.76. The minimum atomic E-state index is -4.19.